The molecule has 0 saturated heterocycles. The standard InChI is InChI=1S/C26H34FN2O9P/c1-5-10-21(27)37-25(32)29-20-14-9-13-19(15-20)22(23(30)35-4)38-39(33,34)26(28,17(2)3)24(31)36-16-18-11-7-6-8-12-18/h6-9,11-15,17,21-22H,5,10,16,28H2,1-4H3,(H,29,32)(H,33,34). The maximum Gasteiger partial charge on any atom is 0.414 e. The Kier molecular flexibility index (Phi) is 11.6. The predicted octanol–water partition coefficient (Wildman–Crippen LogP) is 4.80. The van der Waals surface area contributed by atoms with Gasteiger partial charge in [0.2, 0.25) is 11.6 Å². The number of rotatable bonds is 13. The van der Waals surface area contributed by atoms with Gasteiger partial charge in [-0.15, -0.1) is 0 Å². The molecule has 0 aliphatic carbocycles. The number of amides is 1. The summed E-state index contributed by atoms with van der Waals surface area (Å²) >= 11 is 0. The number of ether oxygens (including phenoxy) is 3. The summed E-state index contributed by atoms with van der Waals surface area (Å²) in [6.07, 6.45) is -4.25. The van der Waals surface area contributed by atoms with Crippen LogP contribution in [0.2, 0.25) is 0 Å². The summed E-state index contributed by atoms with van der Waals surface area (Å²) in [5.74, 6) is -3.25. The van der Waals surface area contributed by atoms with Crippen molar-refractivity contribution < 1.29 is 47.0 Å². The topological polar surface area (TPSA) is 163 Å². The lowest BCUT2D eigenvalue weighted by atomic mass is 10.1. The summed E-state index contributed by atoms with van der Waals surface area (Å²) < 4.78 is 47.1. The first-order chi connectivity index (χ1) is 18.3. The van der Waals surface area contributed by atoms with Crippen LogP contribution in [0.3, 0.4) is 0 Å². The van der Waals surface area contributed by atoms with E-state index in [1.165, 1.54) is 38.1 Å². The zero-order valence-electron chi connectivity index (χ0n) is 22.2. The maximum absolute atomic E-state index is 13.6. The number of esters is 2. The van der Waals surface area contributed by atoms with Gasteiger partial charge in [-0.3, -0.25) is 14.4 Å². The van der Waals surface area contributed by atoms with Crippen LogP contribution in [0.15, 0.2) is 54.6 Å². The summed E-state index contributed by atoms with van der Waals surface area (Å²) in [7, 11) is -4.14. The average molecular weight is 569 g/mol. The second-order valence-corrected chi connectivity index (χ2v) is 10.9. The van der Waals surface area contributed by atoms with Crippen molar-refractivity contribution in [2.24, 2.45) is 11.7 Å². The van der Waals surface area contributed by atoms with Crippen molar-refractivity contribution >= 4 is 31.3 Å². The molecule has 4 atom stereocenters. The van der Waals surface area contributed by atoms with E-state index in [1.54, 1.807) is 37.3 Å². The van der Waals surface area contributed by atoms with Gasteiger partial charge in [-0.25, -0.2) is 18.8 Å². The molecule has 0 aromatic heterocycles. The first kappa shape index (κ1) is 31.9. The van der Waals surface area contributed by atoms with Crippen LogP contribution < -0.4 is 11.1 Å². The van der Waals surface area contributed by atoms with Crippen LogP contribution in [0.5, 0.6) is 0 Å². The van der Waals surface area contributed by atoms with Gasteiger partial charge >= 0.3 is 25.6 Å². The zero-order chi connectivity index (χ0) is 29.2. The highest BCUT2D eigenvalue weighted by Gasteiger charge is 2.57. The van der Waals surface area contributed by atoms with E-state index >= 15 is 0 Å². The summed E-state index contributed by atoms with van der Waals surface area (Å²) in [5.41, 5.74) is 6.85. The van der Waals surface area contributed by atoms with Gasteiger partial charge in [-0.1, -0.05) is 63.2 Å². The van der Waals surface area contributed by atoms with Gasteiger partial charge in [-0.05, 0) is 35.6 Å². The fraction of sp³-hybridized carbons (Fsp3) is 0.423. The van der Waals surface area contributed by atoms with Crippen molar-refractivity contribution in [1.29, 1.82) is 0 Å². The highest BCUT2D eigenvalue weighted by molar-refractivity contribution is 7.55. The Bertz CT molecular complexity index is 1180. The van der Waals surface area contributed by atoms with E-state index in [9.17, 15) is 28.2 Å². The molecule has 2 aromatic carbocycles. The summed E-state index contributed by atoms with van der Waals surface area (Å²) in [6, 6.07) is 14.0. The van der Waals surface area contributed by atoms with Gasteiger partial charge in [0, 0.05) is 12.1 Å². The minimum Gasteiger partial charge on any atom is -0.467 e. The van der Waals surface area contributed by atoms with Crippen LogP contribution in [0.1, 0.15) is 50.8 Å². The molecule has 11 nitrogen and oxygen atoms in total. The highest BCUT2D eigenvalue weighted by Crippen LogP contribution is 2.59. The number of hydrogen-bond acceptors (Lipinski definition) is 9. The molecule has 0 aliphatic heterocycles. The molecule has 4 N–H and O–H groups in total. The molecular weight excluding hydrogens is 534 g/mol. The number of methoxy groups -OCH3 is 1. The van der Waals surface area contributed by atoms with E-state index in [1.807, 2.05) is 0 Å². The zero-order valence-corrected chi connectivity index (χ0v) is 23.1. The van der Waals surface area contributed by atoms with Crippen molar-refractivity contribution in [2.45, 2.75) is 58.0 Å². The number of carbonyl (C=O) groups excluding carboxylic acids is 3. The lowest BCUT2D eigenvalue weighted by Gasteiger charge is -2.35. The fourth-order valence-electron chi connectivity index (χ4n) is 3.42. The Morgan fingerprint density at radius 2 is 1.79 bits per heavy atom. The third-order valence-electron chi connectivity index (χ3n) is 5.74. The third-order valence-corrected chi connectivity index (χ3v) is 7.87. The minimum atomic E-state index is -5.17. The average Bonchev–Trinajstić information content (AvgIpc) is 2.89. The van der Waals surface area contributed by atoms with Crippen LogP contribution in [-0.2, 0) is 39.5 Å². The van der Waals surface area contributed by atoms with Crippen molar-refractivity contribution in [3.8, 4) is 0 Å². The van der Waals surface area contributed by atoms with E-state index < -0.39 is 49.3 Å². The van der Waals surface area contributed by atoms with Gasteiger partial charge in [0.25, 0.3) is 0 Å². The van der Waals surface area contributed by atoms with Crippen LogP contribution in [0.25, 0.3) is 0 Å². The number of carbonyl (C=O) groups is 3. The molecule has 0 spiro atoms. The number of nitrogens with one attached hydrogen (secondary N) is 1. The summed E-state index contributed by atoms with van der Waals surface area (Å²) in [4.78, 5) is 48.6. The first-order valence-electron chi connectivity index (χ1n) is 12.2. The molecule has 0 fully saturated rings. The second kappa shape index (κ2) is 14.2. The highest BCUT2D eigenvalue weighted by atomic mass is 31.2. The van der Waals surface area contributed by atoms with Crippen LogP contribution in [0, 0.1) is 5.92 Å². The maximum atomic E-state index is 13.6. The lowest BCUT2D eigenvalue weighted by Crippen LogP contribution is -2.53. The number of anilines is 1. The second-order valence-electron chi connectivity index (χ2n) is 8.93. The molecule has 0 bridgehead atoms. The Morgan fingerprint density at radius 3 is 2.38 bits per heavy atom. The Balaban J connectivity index is 2.31. The van der Waals surface area contributed by atoms with Gasteiger partial charge in [-0.2, -0.15) is 0 Å². The number of alkyl halides is 1. The third kappa shape index (κ3) is 8.34. The summed E-state index contributed by atoms with van der Waals surface area (Å²) in [6.45, 7) is 4.36. The summed E-state index contributed by atoms with van der Waals surface area (Å²) in [5, 5.41) is -0.246. The molecule has 13 heteroatoms. The molecular formula is C26H34FN2O9P. The first-order valence-corrected chi connectivity index (χ1v) is 13.7. The molecule has 2 aromatic rings. The number of halogens is 1. The van der Waals surface area contributed by atoms with Gasteiger partial charge in [0.1, 0.15) is 6.61 Å². The smallest absolute Gasteiger partial charge is 0.414 e. The normalized spacial score (nSPS) is 15.8. The van der Waals surface area contributed by atoms with Crippen molar-refractivity contribution in [2.75, 3.05) is 12.4 Å². The van der Waals surface area contributed by atoms with Gasteiger partial charge in [0.15, 0.2) is 6.10 Å². The SMILES string of the molecule is CCCC(F)OC(=O)Nc1cccc(C(OP(=O)(O)C(N)(C(=O)OCc2ccccc2)C(C)C)C(=O)OC)c1. The largest absolute Gasteiger partial charge is 0.467 e. The molecule has 39 heavy (non-hydrogen) atoms. The van der Waals surface area contributed by atoms with E-state index in [4.69, 9.17) is 19.7 Å². The Morgan fingerprint density at radius 1 is 1.13 bits per heavy atom. The monoisotopic (exact) mass is 568 g/mol. The molecule has 1 amide bonds. The lowest BCUT2D eigenvalue weighted by molar-refractivity contribution is -0.153. The number of hydrogen-bond donors (Lipinski definition) is 3. The van der Waals surface area contributed by atoms with E-state index in [2.05, 4.69) is 10.1 Å². The molecule has 4 unspecified atom stereocenters. The molecule has 0 saturated carbocycles. The molecule has 0 radical (unpaired) electrons. The van der Waals surface area contributed by atoms with E-state index in [-0.39, 0.29) is 24.3 Å². The van der Waals surface area contributed by atoms with Crippen molar-refractivity contribution in [3.63, 3.8) is 0 Å². The minimum absolute atomic E-state index is 0.0158. The van der Waals surface area contributed by atoms with E-state index in [0.717, 1.165) is 7.11 Å². The molecule has 214 valence electrons. The number of benzene rings is 2. The molecule has 2 rings (SSSR count). The van der Waals surface area contributed by atoms with Crippen molar-refractivity contribution in [1.82, 2.24) is 0 Å². The van der Waals surface area contributed by atoms with Gasteiger partial charge in [0.05, 0.1) is 7.11 Å². The van der Waals surface area contributed by atoms with Crippen LogP contribution >= 0.6 is 7.60 Å². The van der Waals surface area contributed by atoms with Crippen LogP contribution in [-0.4, -0.2) is 41.7 Å². The van der Waals surface area contributed by atoms with Crippen LogP contribution in [0.4, 0.5) is 14.9 Å². The molecule has 0 aliphatic rings. The quantitative estimate of drug-likeness (QED) is 0.174. The Labute approximate surface area is 226 Å². The van der Waals surface area contributed by atoms with E-state index in [0.29, 0.717) is 12.0 Å². The van der Waals surface area contributed by atoms with Crippen molar-refractivity contribution in [3.05, 3.63) is 65.7 Å². The van der Waals surface area contributed by atoms with Gasteiger partial charge < -0.3 is 24.8 Å². The Hall–Kier alpha value is -3.31. The number of nitrogens with two attached hydrogens (primary N) is 1. The fourth-order valence-corrected chi connectivity index (χ4v) is 5.04. The predicted molar refractivity (Wildman–Crippen MR) is 140 cm³/mol. The molecule has 0 heterocycles.